The Balaban J connectivity index is 1.66. The summed E-state index contributed by atoms with van der Waals surface area (Å²) in [5.41, 5.74) is 6.55. The van der Waals surface area contributed by atoms with Gasteiger partial charge in [-0.15, -0.1) is 0 Å². The first-order valence-electron chi connectivity index (χ1n) is 9.04. The second kappa shape index (κ2) is 8.94. The number of hydrogen-bond acceptors (Lipinski definition) is 5. The maximum atomic E-state index is 11.5. The monoisotopic (exact) mass is 349 g/mol. The quantitative estimate of drug-likeness (QED) is 0.686. The summed E-state index contributed by atoms with van der Waals surface area (Å²) in [6.07, 6.45) is 3.99. The zero-order valence-electron chi connectivity index (χ0n) is 15.5. The number of amides is 1. The van der Waals surface area contributed by atoms with Crippen molar-refractivity contribution < 1.29 is 14.3 Å². The van der Waals surface area contributed by atoms with Crippen molar-refractivity contribution in [2.45, 2.75) is 64.1 Å². The number of anilines is 1. The normalized spacial score (nSPS) is 20.6. The first-order chi connectivity index (χ1) is 11.8. The number of rotatable bonds is 6. The molecule has 6 heteroatoms. The molecule has 0 aromatic heterocycles. The van der Waals surface area contributed by atoms with Gasteiger partial charge in [-0.25, -0.2) is 4.79 Å². The molecule has 1 aliphatic carbocycles. The minimum absolute atomic E-state index is 0.364. The largest absolute Gasteiger partial charge is 0.492 e. The second-order valence-corrected chi connectivity index (χ2v) is 7.56. The SMILES string of the molecule is CC(C)(C)OC(=O)NCCOc1ccc(NC2CCC(N)CC2)cc1. The Morgan fingerprint density at radius 3 is 2.40 bits per heavy atom. The third kappa shape index (κ3) is 7.65. The zero-order valence-corrected chi connectivity index (χ0v) is 15.5. The van der Waals surface area contributed by atoms with Gasteiger partial charge in [-0.2, -0.15) is 0 Å². The maximum absolute atomic E-state index is 11.5. The average molecular weight is 349 g/mol. The van der Waals surface area contributed by atoms with E-state index in [2.05, 4.69) is 10.6 Å². The van der Waals surface area contributed by atoms with E-state index in [-0.39, 0.29) is 0 Å². The van der Waals surface area contributed by atoms with E-state index in [1.54, 1.807) is 0 Å². The molecule has 0 bridgehead atoms. The lowest BCUT2D eigenvalue weighted by Gasteiger charge is -2.27. The Kier molecular flexibility index (Phi) is 6.93. The molecule has 1 aromatic rings. The number of carbonyl (C=O) groups is 1. The molecule has 1 aromatic carbocycles. The molecule has 140 valence electrons. The summed E-state index contributed by atoms with van der Waals surface area (Å²) in [4.78, 5) is 11.5. The molecule has 2 rings (SSSR count). The van der Waals surface area contributed by atoms with Gasteiger partial charge >= 0.3 is 6.09 Å². The Hall–Kier alpha value is -1.95. The summed E-state index contributed by atoms with van der Waals surface area (Å²) >= 11 is 0. The minimum atomic E-state index is -0.489. The number of carbonyl (C=O) groups excluding carboxylic acids is 1. The topological polar surface area (TPSA) is 85.6 Å². The van der Waals surface area contributed by atoms with Gasteiger partial charge in [0.15, 0.2) is 0 Å². The number of nitrogens with one attached hydrogen (secondary N) is 2. The highest BCUT2D eigenvalue weighted by molar-refractivity contribution is 5.67. The van der Waals surface area contributed by atoms with Crippen LogP contribution in [0, 0.1) is 0 Å². The highest BCUT2D eigenvalue weighted by atomic mass is 16.6. The molecule has 6 nitrogen and oxygen atoms in total. The van der Waals surface area contributed by atoms with E-state index in [1.165, 1.54) is 0 Å². The van der Waals surface area contributed by atoms with E-state index in [9.17, 15) is 4.79 Å². The van der Waals surface area contributed by atoms with Gasteiger partial charge in [0.2, 0.25) is 0 Å². The second-order valence-electron chi connectivity index (χ2n) is 7.56. The summed E-state index contributed by atoms with van der Waals surface area (Å²) in [6.45, 7) is 6.30. The van der Waals surface area contributed by atoms with Crippen LogP contribution in [0.1, 0.15) is 46.5 Å². The van der Waals surface area contributed by atoms with E-state index in [1.807, 2.05) is 45.0 Å². The van der Waals surface area contributed by atoms with Crippen LogP contribution in [0.2, 0.25) is 0 Å². The van der Waals surface area contributed by atoms with E-state index >= 15 is 0 Å². The average Bonchev–Trinajstić information content (AvgIpc) is 2.54. The van der Waals surface area contributed by atoms with Gasteiger partial charge in [0.05, 0.1) is 6.54 Å². The van der Waals surface area contributed by atoms with Crippen molar-refractivity contribution in [1.82, 2.24) is 5.32 Å². The van der Waals surface area contributed by atoms with Crippen LogP contribution in [-0.2, 0) is 4.74 Å². The van der Waals surface area contributed by atoms with E-state index < -0.39 is 11.7 Å². The number of benzene rings is 1. The van der Waals surface area contributed by atoms with Crippen LogP contribution in [0.25, 0.3) is 0 Å². The molecule has 0 heterocycles. The van der Waals surface area contributed by atoms with Crippen molar-refractivity contribution >= 4 is 11.8 Å². The van der Waals surface area contributed by atoms with Crippen LogP contribution >= 0.6 is 0 Å². The fraction of sp³-hybridized carbons (Fsp3) is 0.632. The fourth-order valence-electron chi connectivity index (χ4n) is 2.78. The van der Waals surface area contributed by atoms with Crippen LogP contribution in [0.4, 0.5) is 10.5 Å². The molecule has 0 saturated heterocycles. The minimum Gasteiger partial charge on any atom is -0.492 e. The standard InChI is InChI=1S/C19H31N3O3/c1-19(2,3)25-18(23)21-12-13-24-17-10-8-16(9-11-17)22-15-6-4-14(20)5-7-15/h8-11,14-15,22H,4-7,12-13,20H2,1-3H3,(H,21,23). The number of ether oxygens (including phenoxy) is 2. The van der Waals surface area contributed by atoms with Crippen LogP contribution in [-0.4, -0.2) is 36.9 Å². The molecule has 0 unspecified atom stereocenters. The van der Waals surface area contributed by atoms with Gasteiger partial charge in [-0.3, -0.25) is 0 Å². The fourth-order valence-corrected chi connectivity index (χ4v) is 2.78. The van der Waals surface area contributed by atoms with Crippen LogP contribution < -0.4 is 21.1 Å². The van der Waals surface area contributed by atoms with Crippen molar-refractivity contribution in [3.8, 4) is 5.75 Å². The highest BCUT2D eigenvalue weighted by Gasteiger charge is 2.18. The summed E-state index contributed by atoms with van der Waals surface area (Å²) in [7, 11) is 0. The zero-order chi connectivity index (χ0) is 18.3. The summed E-state index contributed by atoms with van der Waals surface area (Å²) < 4.78 is 10.8. The number of alkyl carbamates (subject to hydrolysis) is 1. The molecule has 1 fully saturated rings. The molecule has 1 aliphatic rings. The molecule has 0 atom stereocenters. The first-order valence-corrected chi connectivity index (χ1v) is 9.04. The molecular weight excluding hydrogens is 318 g/mol. The predicted octanol–water partition coefficient (Wildman–Crippen LogP) is 3.27. The lowest BCUT2D eigenvalue weighted by atomic mass is 9.92. The summed E-state index contributed by atoms with van der Waals surface area (Å²) in [6, 6.07) is 8.78. The van der Waals surface area contributed by atoms with Gasteiger partial charge in [0.25, 0.3) is 0 Å². The molecule has 0 aliphatic heterocycles. The van der Waals surface area contributed by atoms with Crippen molar-refractivity contribution in [1.29, 1.82) is 0 Å². The van der Waals surface area contributed by atoms with Gasteiger partial charge in [0.1, 0.15) is 18.0 Å². The first kappa shape index (κ1) is 19.4. The van der Waals surface area contributed by atoms with Crippen LogP contribution in [0.5, 0.6) is 5.75 Å². The van der Waals surface area contributed by atoms with Crippen molar-refractivity contribution in [2.75, 3.05) is 18.5 Å². The third-order valence-corrected chi connectivity index (χ3v) is 4.04. The third-order valence-electron chi connectivity index (χ3n) is 4.04. The van der Waals surface area contributed by atoms with Crippen molar-refractivity contribution in [3.63, 3.8) is 0 Å². The molecular formula is C19H31N3O3. The molecule has 25 heavy (non-hydrogen) atoms. The van der Waals surface area contributed by atoms with Crippen molar-refractivity contribution in [2.24, 2.45) is 5.73 Å². The Morgan fingerprint density at radius 2 is 1.80 bits per heavy atom. The Bertz CT molecular complexity index is 532. The maximum Gasteiger partial charge on any atom is 0.407 e. The summed E-state index contributed by atoms with van der Waals surface area (Å²) in [5, 5.41) is 6.22. The smallest absolute Gasteiger partial charge is 0.407 e. The molecule has 4 N–H and O–H groups in total. The van der Waals surface area contributed by atoms with E-state index in [0.717, 1.165) is 37.1 Å². The number of nitrogens with two attached hydrogens (primary N) is 1. The number of hydrogen-bond donors (Lipinski definition) is 3. The molecule has 1 amide bonds. The van der Waals surface area contributed by atoms with Gasteiger partial charge < -0.3 is 25.8 Å². The Labute approximate surface area is 150 Å². The lowest BCUT2D eigenvalue weighted by molar-refractivity contribution is 0.0520. The van der Waals surface area contributed by atoms with Gasteiger partial charge in [-0.1, -0.05) is 0 Å². The molecule has 0 radical (unpaired) electrons. The lowest BCUT2D eigenvalue weighted by Crippen LogP contribution is -2.34. The Morgan fingerprint density at radius 1 is 1.16 bits per heavy atom. The van der Waals surface area contributed by atoms with Gasteiger partial charge in [0, 0.05) is 17.8 Å². The van der Waals surface area contributed by atoms with Gasteiger partial charge in [-0.05, 0) is 70.7 Å². The summed E-state index contributed by atoms with van der Waals surface area (Å²) in [5.74, 6) is 0.780. The highest BCUT2D eigenvalue weighted by Crippen LogP contribution is 2.22. The molecule has 0 spiro atoms. The van der Waals surface area contributed by atoms with Crippen molar-refractivity contribution in [3.05, 3.63) is 24.3 Å². The van der Waals surface area contributed by atoms with E-state index in [4.69, 9.17) is 15.2 Å². The van der Waals surface area contributed by atoms with Crippen LogP contribution in [0.3, 0.4) is 0 Å². The van der Waals surface area contributed by atoms with Crippen LogP contribution in [0.15, 0.2) is 24.3 Å². The van der Waals surface area contributed by atoms with E-state index in [0.29, 0.717) is 25.2 Å². The molecule has 1 saturated carbocycles. The predicted molar refractivity (Wildman–Crippen MR) is 100 cm³/mol.